The molecule has 5 rings (SSSR count). The van der Waals surface area contributed by atoms with Crippen LogP contribution in [0, 0.1) is 6.92 Å². The number of aryl methyl sites for hydroxylation is 1. The van der Waals surface area contributed by atoms with Crippen molar-refractivity contribution < 1.29 is 9.15 Å². The number of aromatic nitrogens is 2. The van der Waals surface area contributed by atoms with Crippen LogP contribution in [0.4, 0.5) is 5.95 Å². The summed E-state index contributed by atoms with van der Waals surface area (Å²) in [5.41, 5.74) is 7.73. The van der Waals surface area contributed by atoms with Crippen LogP contribution in [0.1, 0.15) is 5.56 Å². The summed E-state index contributed by atoms with van der Waals surface area (Å²) in [4.78, 5) is 7.75. The number of aromatic amines is 1. The summed E-state index contributed by atoms with van der Waals surface area (Å²) in [6.07, 6.45) is 0. The number of hydrogen-bond donors (Lipinski definition) is 2. The van der Waals surface area contributed by atoms with Crippen molar-refractivity contribution in [3.63, 3.8) is 0 Å². The molecule has 6 nitrogen and oxygen atoms in total. The summed E-state index contributed by atoms with van der Waals surface area (Å²) in [6.45, 7) is 2.04. The molecular formula is C24H20N4O2. The van der Waals surface area contributed by atoms with Crippen molar-refractivity contribution in [2.75, 3.05) is 12.5 Å². The van der Waals surface area contributed by atoms with Gasteiger partial charge in [-0.25, -0.2) is 10.4 Å². The Kier molecular flexibility index (Phi) is 4.44. The number of benzene rings is 3. The summed E-state index contributed by atoms with van der Waals surface area (Å²) in [5, 5.41) is 6.31. The van der Waals surface area contributed by atoms with E-state index < -0.39 is 0 Å². The van der Waals surface area contributed by atoms with Gasteiger partial charge in [0.15, 0.2) is 0 Å². The maximum absolute atomic E-state index is 6.19. The Balaban J connectivity index is 1.62. The van der Waals surface area contributed by atoms with Crippen LogP contribution in [-0.2, 0) is 0 Å². The maximum atomic E-state index is 6.19. The van der Waals surface area contributed by atoms with Crippen LogP contribution >= 0.6 is 0 Å². The third-order valence-electron chi connectivity index (χ3n) is 4.95. The fraction of sp³-hybridized carbons (Fsp3) is 0.0833. The normalized spacial score (nSPS) is 11.9. The molecule has 0 aliphatic heterocycles. The fourth-order valence-corrected chi connectivity index (χ4v) is 3.38. The van der Waals surface area contributed by atoms with Crippen molar-refractivity contribution >= 4 is 28.0 Å². The van der Waals surface area contributed by atoms with Gasteiger partial charge < -0.3 is 14.1 Å². The minimum Gasteiger partial charge on any atom is -0.497 e. The number of anilines is 1. The van der Waals surface area contributed by atoms with Crippen LogP contribution in [-0.4, -0.2) is 17.1 Å². The van der Waals surface area contributed by atoms with E-state index in [1.807, 2.05) is 79.7 Å². The summed E-state index contributed by atoms with van der Waals surface area (Å²) < 4.78 is 11.4. The molecule has 0 bridgehead atoms. The quantitative estimate of drug-likeness (QED) is 0.408. The number of hydrogen-bond acceptors (Lipinski definition) is 5. The molecule has 0 saturated carbocycles. The zero-order chi connectivity index (χ0) is 20.5. The first-order chi connectivity index (χ1) is 14.7. The lowest BCUT2D eigenvalue weighted by molar-refractivity contribution is 0.415. The van der Waals surface area contributed by atoms with Gasteiger partial charge >= 0.3 is 0 Å². The molecule has 0 unspecified atom stereocenters. The number of nitrogens with one attached hydrogen (secondary N) is 2. The molecule has 0 radical (unpaired) electrons. The molecule has 0 atom stereocenters. The average Bonchev–Trinajstić information content (AvgIpc) is 3.20. The maximum Gasteiger partial charge on any atom is 0.222 e. The number of imidazole rings is 1. The number of rotatable bonds is 4. The molecule has 5 aromatic rings. The van der Waals surface area contributed by atoms with Crippen molar-refractivity contribution in [3.05, 3.63) is 83.7 Å². The van der Waals surface area contributed by atoms with Crippen LogP contribution < -0.4 is 15.5 Å². The number of H-pyrrole nitrogens is 1. The largest absolute Gasteiger partial charge is 0.497 e. The summed E-state index contributed by atoms with van der Waals surface area (Å²) in [6, 6.07) is 23.6. The van der Waals surface area contributed by atoms with E-state index in [4.69, 9.17) is 9.15 Å². The third kappa shape index (κ3) is 3.39. The highest BCUT2D eigenvalue weighted by Gasteiger charge is 2.08. The van der Waals surface area contributed by atoms with Crippen LogP contribution in [0.15, 0.2) is 82.3 Å². The van der Waals surface area contributed by atoms with E-state index in [0.717, 1.165) is 50.0 Å². The highest BCUT2D eigenvalue weighted by atomic mass is 16.5. The Morgan fingerprint density at radius 2 is 1.83 bits per heavy atom. The minimum atomic E-state index is 0.586. The second-order valence-corrected chi connectivity index (χ2v) is 7.05. The van der Waals surface area contributed by atoms with Gasteiger partial charge in [0.25, 0.3) is 0 Å². The van der Waals surface area contributed by atoms with Crippen LogP contribution in [0.2, 0.25) is 0 Å². The number of fused-ring (bicyclic) bond motifs is 2. The van der Waals surface area contributed by atoms with E-state index in [1.54, 1.807) is 7.11 Å². The first-order valence-electron chi connectivity index (χ1n) is 9.63. The molecule has 2 heterocycles. The van der Waals surface area contributed by atoms with E-state index >= 15 is 0 Å². The Morgan fingerprint density at radius 3 is 2.63 bits per heavy atom. The molecule has 0 amide bonds. The molecule has 2 N–H and O–H groups in total. The van der Waals surface area contributed by atoms with Gasteiger partial charge in [-0.05, 0) is 61.0 Å². The van der Waals surface area contributed by atoms with Crippen molar-refractivity contribution in [1.82, 2.24) is 9.97 Å². The lowest BCUT2D eigenvalue weighted by atomic mass is 10.1. The zero-order valence-corrected chi connectivity index (χ0v) is 16.6. The topological polar surface area (TPSA) is 75.4 Å². The van der Waals surface area contributed by atoms with Crippen LogP contribution in [0.3, 0.4) is 0 Å². The fourth-order valence-electron chi connectivity index (χ4n) is 3.38. The van der Waals surface area contributed by atoms with Gasteiger partial charge in [-0.1, -0.05) is 18.2 Å². The highest BCUT2D eigenvalue weighted by molar-refractivity contribution is 5.79. The molecule has 0 saturated heterocycles. The van der Waals surface area contributed by atoms with Crippen LogP contribution in [0.5, 0.6) is 5.75 Å². The average molecular weight is 396 g/mol. The number of methoxy groups -OCH3 is 1. The summed E-state index contributed by atoms with van der Waals surface area (Å²) in [7, 11) is 1.65. The van der Waals surface area contributed by atoms with E-state index in [0.29, 0.717) is 5.95 Å². The van der Waals surface area contributed by atoms with Gasteiger partial charge in [0, 0.05) is 17.0 Å². The lowest BCUT2D eigenvalue weighted by Gasteiger charge is -2.07. The lowest BCUT2D eigenvalue weighted by Crippen LogP contribution is -2.08. The first-order valence-corrected chi connectivity index (χ1v) is 9.63. The molecule has 0 aliphatic carbocycles. The summed E-state index contributed by atoms with van der Waals surface area (Å²) in [5.74, 6) is 2.11. The van der Waals surface area contributed by atoms with E-state index in [2.05, 4.69) is 20.5 Å². The molecule has 0 aliphatic rings. The van der Waals surface area contributed by atoms with Gasteiger partial charge in [0.1, 0.15) is 17.1 Å². The van der Waals surface area contributed by atoms with Crippen molar-refractivity contribution in [2.24, 2.45) is 5.10 Å². The van der Waals surface area contributed by atoms with E-state index in [1.165, 1.54) is 0 Å². The molecule has 3 aromatic carbocycles. The van der Waals surface area contributed by atoms with Gasteiger partial charge in [0.2, 0.25) is 5.95 Å². The number of para-hydroxylation sites is 2. The molecule has 0 fully saturated rings. The van der Waals surface area contributed by atoms with Gasteiger partial charge in [-0.3, -0.25) is 0 Å². The van der Waals surface area contributed by atoms with Crippen LogP contribution in [0.25, 0.3) is 33.3 Å². The Hall–Kier alpha value is -4.06. The Labute approximate surface area is 172 Å². The molecule has 0 spiro atoms. The van der Waals surface area contributed by atoms with E-state index in [9.17, 15) is 0 Å². The van der Waals surface area contributed by atoms with Crippen molar-refractivity contribution in [1.29, 1.82) is 0 Å². The minimum absolute atomic E-state index is 0.586. The second-order valence-electron chi connectivity index (χ2n) is 7.05. The third-order valence-corrected chi connectivity index (χ3v) is 4.95. The van der Waals surface area contributed by atoms with E-state index in [-0.39, 0.29) is 0 Å². The Bertz CT molecular complexity index is 1380. The highest BCUT2D eigenvalue weighted by Crippen LogP contribution is 2.25. The predicted octanol–water partition coefficient (Wildman–Crippen LogP) is 5.22. The zero-order valence-electron chi connectivity index (χ0n) is 16.6. The Morgan fingerprint density at radius 1 is 1.00 bits per heavy atom. The standard InChI is InChI=1S/C24H20N4O2/c1-15-7-12-18-21(27-28-24-25-19-5-3-4-6-20(19)26-24)14-22(30-23(18)13-15)16-8-10-17(29-2)11-9-16/h3-14H,1-2H3,(H2,25,26,28)/b27-21+. The molecular weight excluding hydrogens is 376 g/mol. The first kappa shape index (κ1) is 18.0. The molecule has 30 heavy (non-hydrogen) atoms. The van der Waals surface area contributed by atoms with Gasteiger partial charge in [0.05, 0.1) is 23.5 Å². The summed E-state index contributed by atoms with van der Waals surface area (Å²) >= 11 is 0. The van der Waals surface area contributed by atoms with Crippen molar-refractivity contribution in [2.45, 2.75) is 6.92 Å². The van der Waals surface area contributed by atoms with Gasteiger partial charge in [-0.2, -0.15) is 5.10 Å². The SMILES string of the molecule is COc1ccc(-c2c/c(=N\Nc3nc4ccccc4[nH]3)c3ccc(C)cc3o2)cc1. The molecule has 6 heteroatoms. The smallest absolute Gasteiger partial charge is 0.222 e. The monoisotopic (exact) mass is 396 g/mol. The van der Waals surface area contributed by atoms with Gasteiger partial charge in [-0.15, -0.1) is 0 Å². The predicted molar refractivity (Wildman–Crippen MR) is 118 cm³/mol. The number of nitrogens with zero attached hydrogens (tertiary/aromatic N) is 2. The molecule has 2 aromatic heterocycles. The number of ether oxygens (including phenoxy) is 1. The molecule has 148 valence electrons. The second kappa shape index (κ2) is 7.40. The van der Waals surface area contributed by atoms with Crippen molar-refractivity contribution in [3.8, 4) is 17.1 Å².